The number of aromatic amines is 2. The van der Waals surface area contributed by atoms with E-state index in [0.717, 1.165) is 63.0 Å². The van der Waals surface area contributed by atoms with E-state index in [-0.39, 0.29) is 17.6 Å². The van der Waals surface area contributed by atoms with Gasteiger partial charge in [-0.25, -0.2) is 4.39 Å². The van der Waals surface area contributed by atoms with Gasteiger partial charge in [-0.05, 0) is 68.7 Å². The maximum absolute atomic E-state index is 13.9. The van der Waals surface area contributed by atoms with Gasteiger partial charge in [0, 0.05) is 39.7 Å². The lowest BCUT2D eigenvalue weighted by atomic mass is 10.1. The molecule has 5 aromatic rings. The van der Waals surface area contributed by atoms with E-state index < -0.39 is 0 Å². The van der Waals surface area contributed by atoms with E-state index in [9.17, 15) is 9.18 Å². The number of allylic oxidation sites excluding steroid dienone is 4. The summed E-state index contributed by atoms with van der Waals surface area (Å²) in [6.45, 7) is 3.84. The number of fused-ring (bicyclic) bond motifs is 2. The van der Waals surface area contributed by atoms with Gasteiger partial charge in [0.1, 0.15) is 11.5 Å². The number of carbonyl (C=O) groups is 1. The number of halogens is 1. The van der Waals surface area contributed by atoms with Gasteiger partial charge in [-0.3, -0.25) is 19.9 Å². The van der Waals surface area contributed by atoms with E-state index in [1.165, 1.54) is 12.1 Å². The fourth-order valence-corrected chi connectivity index (χ4v) is 4.54. The summed E-state index contributed by atoms with van der Waals surface area (Å²) in [6, 6.07) is 12.3. The lowest BCUT2D eigenvalue weighted by Gasteiger charge is -2.07. The van der Waals surface area contributed by atoms with Crippen LogP contribution in [0.3, 0.4) is 0 Å². The van der Waals surface area contributed by atoms with Crippen LogP contribution in [0.4, 0.5) is 4.39 Å². The Morgan fingerprint density at radius 2 is 1.92 bits per heavy atom. The normalized spacial score (nSPS) is 14.5. The number of pyridine rings is 2. The largest absolute Gasteiger partial charge is 0.353 e. The Morgan fingerprint density at radius 3 is 2.70 bits per heavy atom. The summed E-state index contributed by atoms with van der Waals surface area (Å²) < 4.78 is 13.9. The molecule has 7 nitrogen and oxygen atoms in total. The highest BCUT2D eigenvalue weighted by Gasteiger charge is 2.29. The molecule has 3 N–H and O–H groups in total. The van der Waals surface area contributed by atoms with E-state index in [0.29, 0.717) is 11.3 Å². The first-order valence-electron chi connectivity index (χ1n) is 12.2. The highest BCUT2D eigenvalue weighted by atomic mass is 19.1. The minimum absolute atomic E-state index is 0.0793. The second kappa shape index (κ2) is 9.13. The van der Waals surface area contributed by atoms with Crippen molar-refractivity contribution in [2.75, 3.05) is 0 Å². The first-order valence-corrected chi connectivity index (χ1v) is 12.2. The van der Waals surface area contributed by atoms with Crippen molar-refractivity contribution in [2.24, 2.45) is 5.92 Å². The van der Waals surface area contributed by atoms with Crippen molar-refractivity contribution in [1.82, 2.24) is 30.5 Å². The second-order valence-corrected chi connectivity index (χ2v) is 9.34. The molecule has 1 fully saturated rings. The van der Waals surface area contributed by atoms with Crippen molar-refractivity contribution in [1.29, 1.82) is 0 Å². The van der Waals surface area contributed by atoms with Crippen LogP contribution in [-0.2, 0) is 4.79 Å². The Hall–Kier alpha value is -4.59. The topological polar surface area (TPSA) is 99.4 Å². The first kappa shape index (κ1) is 22.8. The van der Waals surface area contributed by atoms with Crippen LogP contribution in [0.1, 0.15) is 32.4 Å². The third-order valence-electron chi connectivity index (χ3n) is 6.60. The Bertz CT molecular complexity index is 1720. The van der Waals surface area contributed by atoms with Crippen LogP contribution in [0.5, 0.6) is 0 Å². The SMILES string of the molecule is C/C=C(\C=C(/C)NC(=O)C1CC1)c1cc2c(-c3cc4c(-c5cccc(F)c5)nccc4[nH]3)n[nH]c2cn1. The van der Waals surface area contributed by atoms with E-state index in [4.69, 9.17) is 0 Å². The number of hydrogen-bond donors (Lipinski definition) is 3. The molecule has 1 aromatic carbocycles. The number of benzene rings is 1. The zero-order chi connectivity index (χ0) is 25.5. The van der Waals surface area contributed by atoms with Crippen molar-refractivity contribution < 1.29 is 9.18 Å². The minimum Gasteiger partial charge on any atom is -0.353 e. The summed E-state index contributed by atoms with van der Waals surface area (Å²) in [5.74, 6) is -0.0782. The zero-order valence-corrected chi connectivity index (χ0v) is 20.5. The summed E-state index contributed by atoms with van der Waals surface area (Å²) in [5, 5.41) is 12.4. The van der Waals surface area contributed by atoms with Crippen LogP contribution in [0.15, 0.2) is 72.7 Å². The van der Waals surface area contributed by atoms with Crippen LogP contribution >= 0.6 is 0 Å². The Balaban J connectivity index is 1.38. The highest BCUT2D eigenvalue weighted by Crippen LogP contribution is 2.34. The molecule has 4 aromatic heterocycles. The Labute approximate surface area is 212 Å². The van der Waals surface area contributed by atoms with E-state index in [1.807, 2.05) is 50.3 Å². The van der Waals surface area contributed by atoms with Gasteiger partial charge in [0.15, 0.2) is 0 Å². The molecule has 184 valence electrons. The summed E-state index contributed by atoms with van der Waals surface area (Å²) in [5.41, 5.74) is 7.12. The number of nitrogens with one attached hydrogen (secondary N) is 3. The fraction of sp³-hybridized carbons (Fsp3) is 0.172. The van der Waals surface area contributed by atoms with Gasteiger partial charge in [0.05, 0.1) is 28.8 Å². The van der Waals surface area contributed by atoms with Crippen molar-refractivity contribution >= 4 is 33.3 Å². The van der Waals surface area contributed by atoms with Gasteiger partial charge in [-0.15, -0.1) is 0 Å². The van der Waals surface area contributed by atoms with Crippen LogP contribution < -0.4 is 5.32 Å². The molecule has 1 aliphatic rings. The highest BCUT2D eigenvalue weighted by molar-refractivity contribution is 6.00. The third-order valence-corrected chi connectivity index (χ3v) is 6.60. The van der Waals surface area contributed by atoms with Gasteiger partial charge in [-0.2, -0.15) is 5.10 Å². The first-order chi connectivity index (χ1) is 18.0. The molecule has 1 aliphatic carbocycles. The molecule has 8 heteroatoms. The zero-order valence-electron chi connectivity index (χ0n) is 20.5. The Kier molecular flexibility index (Phi) is 5.64. The van der Waals surface area contributed by atoms with E-state index in [2.05, 4.69) is 30.5 Å². The monoisotopic (exact) mass is 492 g/mol. The maximum atomic E-state index is 13.9. The van der Waals surface area contributed by atoms with Crippen molar-refractivity contribution in [3.63, 3.8) is 0 Å². The predicted octanol–water partition coefficient (Wildman–Crippen LogP) is 6.14. The van der Waals surface area contributed by atoms with Crippen molar-refractivity contribution in [2.45, 2.75) is 26.7 Å². The summed E-state index contributed by atoms with van der Waals surface area (Å²) in [7, 11) is 0. The average Bonchev–Trinajstić information content (AvgIpc) is 3.53. The second-order valence-electron chi connectivity index (χ2n) is 9.34. The molecule has 0 spiro atoms. The number of H-pyrrole nitrogens is 2. The maximum Gasteiger partial charge on any atom is 0.227 e. The smallest absolute Gasteiger partial charge is 0.227 e. The molecule has 0 aliphatic heterocycles. The molecule has 37 heavy (non-hydrogen) atoms. The predicted molar refractivity (Wildman–Crippen MR) is 143 cm³/mol. The molecular weight excluding hydrogens is 467 g/mol. The molecule has 0 unspecified atom stereocenters. The summed E-state index contributed by atoms with van der Waals surface area (Å²) in [6.07, 6.45) is 9.31. The fourth-order valence-electron chi connectivity index (χ4n) is 4.54. The summed E-state index contributed by atoms with van der Waals surface area (Å²) >= 11 is 0. The number of aromatic nitrogens is 5. The lowest BCUT2D eigenvalue weighted by Crippen LogP contribution is -2.22. The van der Waals surface area contributed by atoms with Gasteiger partial charge in [0.2, 0.25) is 5.91 Å². The van der Waals surface area contributed by atoms with Crippen LogP contribution in [-0.4, -0.2) is 31.1 Å². The van der Waals surface area contributed by atoms with E-state index in [1.54, 1.807) is 18.5 Å². The molecule has 0 radical (unpaired) electrons. The van der Waals surface area contributed by atoms with Gasteiger partial charge >= 0.3 is 0 Å². The quantitative estimate of drug-likeness (QED) is 0.248. The molecule has 1 amide bonds. The third kappa shape index (κ3) is 4.42. The molecule has 0 atom stereocenters. The van der Waals surface area contributed by atoms with Crippen LogP contribution in [0, 0.1) is 11.7 Å². The lowest BCUT2D eigenvalue weighted by molar-refractivity contribution is -0.121. The molecule has 4 heterocycles. The number of rotatable bonds is 6. The Morgan fingerprint density at radius 1 is 1.08 bits per heavy atom. The number of carbonyl (C=O) groups excluding carboxylic acids is 1. The minimum atomic E-state index is -0.304. The molecule has 0 saturated heterocycles. The standard InChI is InChI=1S/C29H25FN6O/c1-3-17(11-16(2)33-29(37)18-7-8-18)24-13-22-26(15-32-24)35-36-28(22)25-14-21-23(34-25)9-10-31-27(21)19-5-4-6-20(30)12-19/h3-6,9-15,18,34H,7-8H2,1-2H3,(H,33,37)(H,35,36)/b16-11+,17-3+. The summed E-state index contributed by atoms with van der Waals surface area (Å²) in [4.78, 5) is 24.7. The van der Waals surface area contributed by atoms with Crippen molar-refractivity contribution in [3.05, 3.63) is 84.2 Å². The van der Waals surface area contributed by atoms with Crippen LogP contribution in [0.25, 0.3) is 50.0 Å². The van der Waals surface area contributed by atoms with Gasteiger partial charge < -0.3 is 10.3 Å². The van der Waals surface area contributed by atoms with Gasteiger partial charge in [0.25, 0.3) is 0 Å². The molecule has 0 bridgehead atoms. The molecular formula is C29H25FN6O. The van der Waals surface area contributed by atoms with Gasteiger partial charge in [-0.1, -0.05) is 18.2 Å². The average molecular weight is 493 g/mol. The molecule has 1 saturated carbocycles. The van der Waals surface area contributed by atoms with Crippen molar-refractivity contribution in [3.8, 4) is 22.6 Å². The molecule has 6 rings (SSSR count). The van der Waals surface area contributed by atoms with E-state index >= 15 is 0 Å². The number of hydrogen-bond acceptors (Lipinski definition) is 4. The van der Waals surface area contributed by atoms with Crippen LogP contribution in [0.2, 0.25) is 0 Å². The number of nitrogens with zero attached hydrogens (tertiary/aromatic N) is 3. The number of amides is 1.